The van der Waals surface area contributed by atoms with E-state index in [0.717, 1.165) is 18.5 Å². The average molecular weight is 279 g/mol. The number of nitrogens with one attached hydrogen (secondary N) is 1. The minimum Gasteiger partial charge on any atom is -0.370 e. The van der Waals surface area contributed by atoms with Crippen molar-refractivity contribution in [1.82, 2.24) is 5.32 Å². The Hall–Kier alpha value is -0.0800. The van der Waals surface area contributed by atoms with Crippen molar-refractivity contribution in [3.8, 4) is 0 Å². The fourth-order valence-electron chi connectivity index (χ4n) is 4.68. The van der Waals surface area contributed by atoms with Crippen molar-refractivity contribution in [2.24, 2.45) is 5.92 Å². The van der Waals surface area contributed by atoms with E-state index in [0.29, 0.717) is 11.7 Å². The third kappa shape index (κ3) is 3.57. The molecule has 2 nitrogen and oxygen atoms in total. The highest BCUT2D eigenvalue weighted by Gasteiger charge is 2.40. The molecule has 0 radical (unpaired) electrons. The molecule has 3 atom stereocenters. The summed E-state index contributed by atoms with van der Waals surface area (Å²) in [5.74, 6) is 0.850. The first kappa shape index (κ1) is 14.8. The van der Waals surface area contributed by atoms with E-state index in [4.69, 9.17) is 4.74 Å². The maximum atomic E-state index is 6.48. The lowest BCUT2D eigenvalue weighted by atomic mass is 9.83. The zero-order chi connectivity index (χ0) is 13.8. The SMILES string of the molecule is CC1CCCCCC1NCC1CCC2(CCCCC2)O1. The second kappa shape index (κ2) is 6.79. The van der Waals surface area contributed by atoms with Crippen LogP contribution in [-0.2, 0) is 4.74 Å². The van der Waals surface area contributed by atoms with Crippen molar-refractivity contribution in [1.29, 1.82) is 0 Å². The molecule has 0 aromatic heterocycles. The minimum atomic E-state index is 0.291. The standard InChI is InChI=1S/C18H33NO/c1-15-8-4-2-5-9-17(15)19-14-16-10-13-18(20-16)11-6-3-7-12-18/h15-17,19H,2-14H2,1H3. The molecule has 2 heteroatoms. The van der Waals surface area contributed by atoms with Crippen LogP contribution in [-0.4, -0.2) is 24.3 Å². The maximum absolute atomic E-state index is 6.48. The van der Waals surface area contributed by atoms with Crippen LogP contribution in [0.4, 0.5) is 0 Å². The van der Waals surface area contributed by atoms with E-state index in [9.17, 15) is 0 Å². The van der Waals surface area contributed by atoms with Gasteiger partial charge in [-0.25, -0.2) is 0 Å². The molecule has 3 rings (SSSR count). The normalized spacial score (nSPS) is 38.0. The Morgan fingerprint density at radius 3 is 2.50 bits per heavy atom. The van der Waals surface area contributed by atoms with Crippen molar-refractivity contribution in [3.05, 3.63) is 0 Å². The Morgan fingerprint density at radius 2 is 1.65 bits per heavy atom. The molecule has 20 heavy (non-hydrogen) atoms. The van der Waals surface area contributed by atoms with Crippen LogP contribution in [0.1, 0.15) is 84.0 Å². The van der Waals surface area contributed by atoms with E-state index < -0.39 is 0 Å². The van der Waals surface area contributed by atoms with Crippen LogP contribution in [0.3, 0.4) is 0 Å². The molecular formula is C18H33NO. The highest BCUT2D eigenvalue weighted by Crippen LogP contribution is 2.41. The number of rotatable bonds is 3. The Bertz CT molecular complexity index is 298. The van der Waals surface area contributed by atoms with Gasteiger partial charge in [-0.1, -0.05) is 45.4 Å². The molecule has 2 saturated carbocycles. The van der Waals surface area contributed by atoms with Gasteiger partial charge in [0.1, 0.15) is 0 Å². The van der Waals surface area contributed by atoms with Crippen LogP contribution < -0.4 is 5.32 Å². The maximum Gasteiger partial charge on any atom is 0.0708 e. The van der Waals surface area contributed by atoms with Gasteiger partial charge in [0.2, 0.25) is 0 Å². The van der Waals surface area contributed by atoms with Crippen LogP contribution in [0, 0.1) is 5.92 Å². The molecule has 116 valence electrons. The summed E-state index contributed by atoms with van der Waals surface area (Å²) in [6.07, 6.45) is 17.0. The van der Waals surface area contributed by atoms with Crippen LogP contribution in [0.2, 0.25) is 0 Å². The van der Waals surface area contributed by atoms with E-state index in [2.05, 4.69) is 12.2 Å². The van der Waals surface area contributed by atoms with Crippen LogP contribution >= 0.6 is 0 Å². The van der Waals surface area contributed by atoms with Gasteiger partial charge in [0.05, 0.1) is 11.7 Å². The molecule has 0 aromatic rings. The van der Waals surface area contributed by atoms with Crippen molar-refractivity contribution < 1.29 is 4.74 Å². The molecule has 2 aliphatic carbocycles. The van der Waals surface area contributed by atoms with Gasteiger partial charge in [0.25, 0.3) is 0 Å². The van der Waals surface area contributed by atoms with Crippen molar-refractivity contribution in [2.45, 2.75) is 102 Å². The molecule has 1 aliphatic heterocycles. The summed E-state index contributed by atoms with van der Waals surface area (Å²) in [5, 5.41) is 3.85. The van der Waals surface area contributed by atoms with Gasteiger partial charge < -0.3 is 10.1 Å². The molecule has 3 aliphatic rings. The van der Waals surface area contributed by atoms with Gasteiger partial charge in [-0.05, 0) is 44.4 Å². The molecule has 0 amide bonds. The van der Waals surface area contributed by atoms with Gasteiger partial charge in [-0.3, -0.25) is 0 Å². The molecule has 1 N–H and O–H groups in total. The quantitative estimate of drug-likeness (QED) is 0.772. The molecule has 1 heterocycles. The van der Waals surface area contributed by atoms with E-state index in [1.807, 2.05) is 0 Å². The third-order valence-corrected chi connectivity index (χ3v) is 6.07. The number of ether oxygens (including phenoxy) is 1. The van der Waals surface area contributed by atoms with Gasteiger partial charge in [0.15, 0.2) is 0 Å². The Labute approximate surface area is 125 Å². The summed E-state index contributed by atoms with van der Waals surface area (Å²) < 4.78 is 6.48. The van der Waals surface area contributed by atoms with Gasteiger partial charge in [0, 0.05) is 12.6 Å². The Kier molecular flexibility index (Phi) is 5.04. The first-order valence-electron chi connectivity index (χ1n) is 9.19. The first-order chi connectivity index (χ1) is 9.77. The Morgan fingerprint density at radius 1 is 0.900 bits per heavy atom. The predicted octanol–water partition coefficient (Wildman–Crippen LogP) is 4.43. The Balaban J connectivity index is 1.44. The fourth-order valence-corrected chi connectivity index (χ4v) is 4.68. The van der Waals surface area contributed by atoms with Gasteiger partial charge in [-0.2, -0.15) is 0 Å². The van der Waals surface area contributed by atoms with Crippen LogP contribution in [0.5, 0.6) is 0 Å². The number of hydrogen-bond acceptors (Lipinski definition) is 2. The molecule has 0 aromatic carbocycles. The summed E-state index contributed by atoms with van der Waals surface area (Å²) in [5.41, 5.74) is 0.291. The third-order valence-electron chi connectivity index (χ3n) is 6.07. The van der Waals surface area contributed by atoms with Crippen molar-refractivity contribution in [2.75, 3.05) is 6.54 Å². The molecule has 3 fully saturated rings. The minimum absolute atomic E-state index is 0.291. The summed E-state index contributed by atoms with van der Waals surface area (Å²) >= 11 is 0. The van der Waals surface area contributed by atoms with E-state index >= 15 is 0 Å². The highest BCUT2D eigenvalue weighted by atomic mass is 16.5. The predicted molar refractivity (Wildman–Crippen MR) is 84.0 cm³/mol. The van der Waals surface area contributed by atoms with E-state index in [-0.39, 0.29) is 0 Å². The van der Waals surface area contributed by atoms with Crippen LogP contribution in [0.15, 0.2) is 0 Å². The summed E-state index contributed by atoms with van der Waals surface area (Å²) in [6, 6.07) is 0.740. The molecule has 1 saturated heterocycles. The lowest BCUT2D eigenvalue weighted by Gasteiger charge is -2.33. The van der Waals surface area contributed by atoms with Crippen molar-refractivity contribution >= 4 is 0 Å². The second-order valence-electron chi connectivity index (χ2n) is 7.65. The molecule has 1 spiro atoms. The van der Waals surface area contributed by atoms with Gasteiger partial charge in [-0.15, -0.1) is 0 Å². The number of hydrogen-bond donors (Lipinski definition) is 1. The molecule has 0 bridgehead atoms. The summed E-state index contributed by atoms with van der Waals surface area (Å²) in [4.78, 5) is 0. The second-order valence-corrected chi connectivity index (χ2v) is 7.65. The lowest BCUT2D eigenvalue weighted by Crippen LogP contribution is -2.40. The first-order valence-corrected chi connectivity index (χ1v) is 9.19. The fraction of sp³-hybridized carbons (Fsp3) is 1.00. The smallest absolute Gasteiger partial charge is 0.0708 e. The topological polar surface area (TPSA) is 21.3 Å². The monoisotopic (exact) mass is 279 g/mol. The largest absolute Gasteiger partial charge is 0.370 e. The van der Waals surface area contributed by atoms with E-state index in [1.165, 1.54) is 77.0 Å². The molecular weight excluding hydrogens is 246 g/mol. The highest BCUT2D eigenvalue weighted by molar-refractivity contribution is 4.92. The zero-order valence-electron chi connectivity index (χ0n) is 13.3. The van der Waals surface area contributed by atoms with Gasteiger partial charge >= 0.3 is 0 Å². The lowest BCUT2D eigenvalue weighted by molar-refractivity contribution is -0.0633. The van der Waals surface area contributed by atoms with E-state index in [1.54, 1.807) is 0 Å². The van der Waals surface area contributed by atoms with Crippen molar-refractivity contribution in [3.63, 3.8) is 0 Å². The zero-order valence-corrected chi connectivity index (χ0v) is 13.3. The molecule has 3 unspecified atom stereocenters. The average Bonchev–Trinajstić information content (AvgIpc) is 2.72. The summed E-state index contributed by atoms with van der Waals surface area (Å²) in [7, 11) is 0. The van der Waals surface area contributed by atoms with Crippen LogP contribution in [0.25, 0.3) is 0 Å². The summed E-state index contributed by atoms with van der Waals surface area (Å²) in [6.45, 7) is 3.53.